The SMILES string of the molecule is CN1CCN(c2ccc(-n3ccc4cnc(Nc5cc(F)c(O)c(F)c5)nc43)cc2)CC1. The summed E-state index contributed by atoms with van der Waals surface area (Å²) >= 11 is 0. The fourth-order valence-electron chi connectivity index (χ4n) is 3.84. The molecule has 0 saturated carbocycles. The van der Waals surface area contributed by atoms with Crippen molar-refractivity contribution in [3.63, 3.8) is 0 Å². The summed E-state index contributed by atoms with van der Waals surface area (Å²) in [6.45, 7) is 4.10. The summed E-state index contributed by atoms with van der Waals surface area (Å²) in [4.78, 5) is 13.4. The number of rotatable bonds is 4. The van der Waals surface area contributed by atoms with E-state index in [1.54, 1.807) is 6.20 Å². The van der Waals surface area contributed by atoms with E-state index in [0.717, 1.165) is 49.4 Å². The molecule has 164 valence electrons. The number of aromatic nitrogens is 3. The Morgan fingerprint density at radius 3 is 2.28 bits per heavy atom. The van der Waals surface area contributed by atoms with Crippen LogP contribution in [0.25, 0.3) is 16.7 Å². The molecule has 1 aliphatic rings. The molecular formula is C23H22F2N6O. The van der Waals surface area contributed by atoms with Gasteiger partial charge in [-0.1, -0.05) is 0 Å². The maximum Gasteiger partial charge on any atom is 0.229 e. The van der Waals surface area contributed by atoms with Gasteiger partial charge in [-0.05, 0) is 37.4 Å². The Morgan fingerprint density at radius 1 is 0.938 bits per heavy atom. The Balaban J connectivity index is 1.41. The third-order valence-electron chi connectivity index (χ3n) is 5.70. The zero-order valence-corrected chi connectivity index (χ0v) is 17.5. The highest BCUT2D eigenvalue weighted by Crippen LogP contribution is 2.27. The molecule has 0 aliphatic carbocycles. The van der Waals surface area contributed by atoms with Crippen molar-refractivity contribution in [3.8, 4) is 11.4 Å². The normalized spacial score (nSPS) is 14.8. The fraction of sp³-hybridized carbons (Fsp3) is 0.217. The first-order valence-electron chi connectivity index (χ1n) is 10.3. The third kappa shape index (κ3) is 3.82. The molecule has 7 nitrogen and oxygen atoms in total. The second-order valence-electron chi connectivity index (χ2n) is 7.88. The molecule has 32 heavy (non-hydrogen) atoms. The van der Waals surface area contributed by atoms with Gasteiger partial charge >= 0.3 is 0 Å². The van der Waals surface area contributed by atoms with Crippen LogP contribution in [0.3, 0.4) is 0 Å². The fourth-order valence-corrected chi connectivity index (χ4v) is 3.84. The first kappa shape index (κ1) is 20.2. The lowest BCUT2D eigenvalue weighted by Gasteiger charge is -2.34. The van der Waals surface area contributed by atoms with E-state index in [0.29, 0.717) is 5.65 Å². The minimum absolute atomic E-state index is 0.104. The van der Waals surface area contributed by atoms with Gasteiger partial charge < -0.3 is 24.8 Å². The number of nitrogens with zero attached hydrogens (tertiary/aromatic N) is 5. The van der Waals surface area contributed by atoms with E-state index < -0.39 is 17.4 Å². The second-order valence-corrected chi connectivity index (χ2v) is 7.88. The van der Waals surface area contributed by atoms with Crippen LogP contribution in [0.1, 0.15) is 0 Å². The van der Waals surface area contributed by atoms with Crippen LogP contribution in [0.4, 0.5) is 26.1 Å². The van der Waals surface area contributed by atoms with Crippen molar-refractivity contribution in [3.05, 3.63) is 66.5 Å². The Kier molecular flexibility index (Phi) is 5.10. The van der Waals surface area contributed by atoms with Gasteiger partial charge in [-0.15, -0.1) is 0 Å². The van der Waals surface area contributed by atoms with Crippen LogP contribution in [-0.4, -0.2) is 57.8 Å². The molecule has 2 aromatic heterocycles. The predicted octanol–water partition coefficient (Wildman–Crippen LogP) is 3.90. The van der Waals surface area contributed by atoms with Crippen molar-refractivity contribution in [2.45, 2.75) is 0 Å². The zero-order chi connectivity index (χ0) is 22.2. The molecule has 1 saturated heterocycles. The molecule has 0 radical (unpaired) electrons. The second kappa shape index (κ2) is 8.08. The largest absolute Gasteiger partial charge is 0.503 e. The molecule has 2 aromatic carbocycles. The van der Waals surface area contributed by atoms with Gasteiger partial charge in [0.2, 0.25) is 5.95 Å². The molecule has 0 unspecified atom stereocenters. The number of hydrogen-bond acceptors (Lipinski definition) is 6. The summed E-state index contributed by atoms with van der Waals surface area (Å²) < 4.78 is 29.2. The zero-order valence-electron chi connectivity index (χ0n) is 17.5. The van der Waals surface area contributed by atoms with Crippen LogP contribution >= 0.6 is 0 Å². The quantitative estimate of drug-likeness (QED) is 0.473. The molecular weight excluding hydrogens is 414 g/mol. The lowest BCUT2D eigenvalue weighted by Crippen LogP contribution is -2.44. The van der Waals surface area contributed by atoms with E-state index in [9.17, 15) is 13.9 Å². The van der Waals surface area contributed by atoms with Crippen LogP contribution in [-0.2, 0) is 0 Å². The van der Waals surface area contributed by atoms with Crippen molar-refractivity contribution in [1.29, 1.82) is 0 Å². The molecule has 1 aliphatic heterocycles. The number of phenolic OH excluding ortho intramolecular Hbond substituents is 1. The molecule has 0 bridgehead atoms. The average molecular weight is 436 g/mol. The number of fused-ring (bicyclic) bond motifs is 1. The van der Waals surface area contributed by atoms with Gasteiger partial charge in [-0.2, -0.15) is 4.98 Å². The predicted molar refractivity (Wildman–Crippen MR) is 120 cm³/mol. The van der Waals surface area contributed by atoms with Crippen molar-refractivity contribution in [2.75, 3.05) is 43.4 Å². The topological polar surface area (TPSA) is 69.5 Å². The van der Waals surface area contributed by atoms with Crippen molar-refractivity contribution in [1.82, 2.24) is 19.4 Å². The first-order valence-corrected chi connectivity index (χ1v) is 10.3. The molecule has 0 spiro atoms. The number of hydrogen-bond donors (Lipinski definition) is 2. The van der Waals surface area contributed by atoms with E-state index in [1.807, 2.05) is 29.0 Å². The summed E-state index contributed by atoms with van der Waals surface area (Å²) in [6.07, 6.45) is 3.56. The maximum atomic E-state index is 13.6. The Morgan fingerprint density at radius 2 is 1.59 bits per heavy atom. The van der Waals surface area contributed by atoms with E-state index in [-0.39, 0.29) is 11.6 Å². The van der Waals surface area contributed by atoms with Gasteiger partial charge in [0.25, 0.3) is 0 Å². The monoisotopic (exact) mass is 436 g/mol. The Labute approximate surface area is 183 Å². The number of nitrogens with one attached hydrogen (secondary N) is 1. The smallest absolute Gasteiger partial charge is 0.229 e. The van der Waals surface area contributed by atoms with Gasteiger partial charge in [-0.25, -0.2) is 13.8 Å². The lowest BCUT2D eigenvalue weighted by molar-refractivity contribution is 0.313. The van der Waals surface area contributed by atoms with Gasteiger partial charge in [-0.3, -0.25) is 0 Å². The molecule has 0 amide bonds. The van der Waals surface area contributed by atoms with Crippen molar-refractivity contribution in [2.24, 2.45) is 0 Å². The molecule has 0 atom stereocenters. The molecule has 9 heteroatoms. The van der Waals surface area contributed by atoms with Crippen LogP contribution in [0.5, 0.6) is 5.75 Å². The minimum atomic E-state index is -1.06. The maximum absolute atomic E-state index is 13.6. The number of benzene rings is 2. The molecule has 5 rings (SSSR count). The van der Waals surface area contributed by atoms with Gasteiger partial charge in [0.05, 0.1) is 0 Å². The number of likely N-dealkylation sites (N-methyl/N-ethyl adjacent to an activating group) is 1. The highest BCUT2D eigenvalue weighted by molar-refractivity contribution is 5.79. The molecule has 4 aromatic rings. The Hall–Kier alpha value is -3.72. The minimum Gasteiger partial charge on any atom is -0.503 e. The standard InChI is InChI=1S/C23H22F2N6O/c1-29-8-10-30(11-9-29)17-2-4-18(5-3-17)31-7-6-15-14-26-23(28-22(15)31)27-16-12-19(24)21(32)20(25)13-16/h2-7,12-14,32H,8-11H2,1H3,(H,26,27,28). The molecule has 3 heterocycles. The number of aromatic hydroxyl groups is 1. The summed E-state index contributed by atoms with van der Waals surface area (Å²) in [7, 11) is 2.14. The number of piperazine rings is 1. The third-order valence-corrected chi connectivity index (χ3v) is 5.70. The van der Waals surface area contributed by atoms with Crippen molar-refractivity contribution < 1.29 is 13.9 Å². The Bertz CT molecular complexity index is 1240. The number of halogens is 2. The van der Waals surface area contributed by atoms with E-state index in [2.05, 4.69) is 44.3 Å². The summed E-state index contributed by atoms with van der Waals surface area (Å²) in [5.74, 6) is -2.94. The summed E-state index contributed by atoms with van der Waals surface area (Å²) in [6, 6.07) is 12.2. The van der Waals surface area contributed by atoms with Crippen LogP contribution < -0.4 is 10.2 Å². The highest BCUT2D eigenvalue weighted by Gasteiger charge is 2.15. The molecule has 2 N–H and O–H groups in total. The van der Waals surface area contributed by atoms with Crippen LogP contribution in [0, 0.1) is 11.6 Å². The molecule has 1 fully saturated rings. The first-order chi connectivity index (χ1) is 15.5. The van der Waals surface area contributed by atoms with Gasteiger partial charge in [0, 0.05) is 73.2 Å². The average Bonchev–Trinajstić information content (AvgIpc) is 3.21. The lowest BCUT2D eigenvalue weighted by atomic mass is 10.2. The van der Waals surface area contributed by atoms with Gasteiger partial charge in [0.15, 0.2) is 17.4 Å². The van der Waals surface area contributed by atoms with Crippen LogP contribution in [0.2, 0.25) is 0 Å². The van der Waals surface area contributed by atoms with E-state index in [4.69, 9.17) is 0 Å². The summed E-state index contributed by atoms with van der Waals surface area (Å²) in [5.41, 5.74) is 2.90. The number of phenols is 1. The number of anilines is 3. The van der Waals surface area contributed by atoms with E-state index in [1.165, 1.54) is 5.69 Å². The van der Waals surface area contributed by atoms with Crippen molar-refractivity contribution >= 4 is 28.4 Å². The summed E-state index contributed by atoms with van der Waals surface area (Å²) in [5, 5.41) is 12.9. The van der Waals surface area contributed by atoms with Gasteiger partial charge in [0.1, 0.15) is 5.65 Å². The highest BCUT2D eigenvalue weighted by atomic mass is 19.1. The van der Waals surface area contributed by atoms with Crippen LogP contribution in [0.15, 0.2) is 54.9 Å². The van der Waals surface area contributed by atoms with E-state index >= 15 is 0 Å².